The number of carbonyl (C=O) groups excluding carboxylic acids is 1. The number of hydrogen-bond donors (Lipinski definition) is 2. The molecule has 1 saturated heterocycles. The molecule has 0 aromatic carbocycles. The van der Waals surface area contributed by atoms with E-state index in [1.165, 1.54) is 24.8 Å². The number of ether oxygens (including phenoxy) is 1. The molecule has 0 spiro atoms. The van der Waals surface area contributed by atoms with E-state index in [2.05, 4.69) is 21.7 Å². The summed E-state index contributed by atoms with van der Waals surface area (Å²) in [6, 6.07) is 2.60. The molecular weight excluding hydrogens is 266 g/mol. The fourth-order valence-electron chi connectivity index (χ4n) is 2.93. The molecule has 1 aromatic rings. The summed E-state index contributed by atoms with van der Waals surface area (Å²) in [6.07, 6.45) is 7.23. The number of amides is 1. The molecule has 1 saturated carbocycles. The Bertz CT molecular complexity index is 502. The van der Waals surface area contributed by atoms with Crippen molar-refractivity contribution in [3.05, 3.63) is 24.0 Å². The molecule has 2 N–H and O–H groups in total. The maximum absolute atomic E-state index is 11.0. The average molecular weight is 289 g/mol. The maximum Gasteiger partial charge on any atom is 0.216 e. The third-order valence-corrected chi connectivity index (χ3v) is 4.57. The molecule has 1 aliphatic carbocycles. The predicted octanol–water partition coefficient (Wildman–Crippen LogP) is 1.45. The summed E-state index contributed by atoms with van der Waals surface area (Å²) in [5, 5.41) is 6.24. The SMILES string of the molecule is CC(=O)NCC1CCC1c1cncc(OCC2CCN2)c1. The van der Waals surface area contributed by atoms with Crippen molar-refractivity contribution < 1.29 is 9.53 Å². The second-order valence-corrected chi connectivity index (χ2v) is 6.09. The Morgan fingerprint density at radius 1 is 1.43 bits per heavy atom. The highest BCUT2D eigenvalue weighted by molar-refractivity contribution is 5.72. The summed E-state index contributed by atoms with van der Waals surface area (Å²) < 4.78 is 5.81. The topological polar surface area (TPSA) is 63.2 Å². The lowest BCUT2D eigenvalue weighted by atomic mass is 9.70. The van der Waals surface area contributed by atoms with E-state index >= 15 is 0 Å². The van der Waals surface area contributed by atoms with Crippen LogP contribution in [0.15, 0.2) is 18.5 Å². The van der Waals surface area contributed by atoms with Gasteiger partial charge in [-0.25, -0.2) is 0 Å². The predicted molar refractivity (Wildman–Crippen MR) is 80.3 cm³/mol. The van der Waals surface area contributed by atoms with Crippen molar-refractivity contribution in [3.8, 4) is 5.75 Å². The Kier molecular flexibility index (Phi) is 4.39. The Morgan fingerprint density at radius 3 is 2.90 bits per heavy atom. The zero-order valence-corrected chi connectivity index (χ0v) is 12.5. The van der Waals surface area contributed by atoms with Crippen molar-refractivity contribution in [1.82, 2.24) is 15.6 Å². The van der Waals surface area contributed by atoms with Gasteiger partial charge < -0.3 is 15.4 Å². The molecular formula is C16H23N3O2. The van der Waals surface area contributed by atoms with Crippen molar-refractivity contribution in [2.75, 3.05) is 19.7 Å². The Hall–Kier alpha value is -1.62. The van der Waals surface area contributed by atoms with Gasteiger partial charge in [0.15, 0.2) is 0 Å². The average Bonchev–Trinajstić information content (AvgIpc) is 2.36. The minimum atomic E-state index is 0.0452. The number of carbonyl (C=O) groups is 1. The molecule has 3 atom stereocenters. The van der Waals surface area contributed by atoms with Crippen LogP contribution in [0.2, 0.25) is 0 Å². The summed E-state index contributed by atoms with van der Waals surface area (Å²) in [6.45, 7) is 4.14. The first kappa shape index (κ1) is 14.3. The summed E-state index contributed by atoms with van der Waals surface area (Å²) in [5.41, 5.74) is 1.23. The molecule has 21 heavy (non-hydrogen) atoms. The second-order valence-electron chi connectivity index (χ2n) is 6.09. The van der Waals surface area contributed by atoms with Gasteiger partial charge >= 0.3 is 0 Å². The number of rotatable bonds is 6. The van der Waals surface area contributed by atoms with Crippen LogP contribution in [0.25, 0.3) is 0 Å². The first-order chi connectivity index (χ1) is 10.2. The summed E-state index contributed by atoms with van der Waals surface area (Å²) in [5.74, 6) is 1.92. The van der Waals surface area contributed by atoms with Gasteiger partial charge in [0.05, 0.1) is 6.20 Å². The van der Waals surface area contributed by atoms with Crippen molar-refractivity contribution in [3.63, 3.8) is 0 Å². The van der Waals surface area contributed by atoms with Gasteiger partial charge in [0.25, 0.3) is 0 Å². The summed E-state index contributed by atoms with van der Waals surface area (Å²) in [7, 11) is 0. The highest BCUT2D eigenvalue weighted by atomic mass is 16.5. The van der Waals surface area contributed by atoms with Crippen molar-refractivity contribution in [1.29, 1.82) is 0 Å². The summed E-state index contributed by atoms with van der Waals surface area (Å²) in [4.78, 5) is 15.3. The molecule has 114 valence electrons. The zero-order valence-electron chi connectivity index (χ0n) is 12.5. The van der Waals surface area contributed by atoms with Crippen LogP contribution in [0, 0.1) is 5.92 Å². The molecule has 0 bridgehead atoms. The van der Waals surface area contributed by atoms with E-state index in [-0.39, 0.29) is 5.91 Å². The van der Waals surface area contributed by atoms with Gasteiger partial charge in [0, 0.05) is 25.7 Å². The van der Waals surface area contributed by atoms with Gasteiger partial charge in [-0.3, -0.25) is 9.78 Å². The lowest BCUT2D eigenvalue weighted by Gasteiger charge is -2.37. The van der Waals surface area contributed by atoms with Crippen LogP contribution in [0.4, 0.5) is 0 Å². The number of nitrogens with zero attached hydrogens (tertiary/aromatic N) is 1. The Morgan fingerprint density at radius 2 is 2.29 bits per heavy atom. The summed E-state index contributed by atoms with van der Waals surface area (Å²) >= 11 is 0. The van der Waals surface area contributed by atoms with Gasteiger partial charge in [0.2, 0.25) is 5.91 Å². The number of pyridine rings is 1. The highest BCUT2D eigenvalue weighted by Crippen LogP contribution is 2.42. The van der Waals surface area contributed by atoms with E-state index in [1.807, 2.05) is 6.20 Å². The van der Waals surface area contributed by atoms with E-state index in [1.54, 1.807) is 13.1 Å². The van der Waals surface area contributed by atoms with Crippen LogP contribution in [-0.4, -0.2) is 36.6 Å². The molecule has 5 heteroatoms. The molecule has 2 aliphatic rings. The van der Waals surface area contributed by atoms with Crippen LogP contribution < -0.4 is 15.4 Å². The molecule has 1 amide bonds. The lowest BCUT2D eigenvalue weighted by molar-refractivity contribution is -0.119. The maximum atomic E-state index is 11.0. The normalized spacial score (nSPS) is 27.4. The lowest BCUT2D eigenvalue weighted by Crippen LogP contribution is -2.46. The van der Waals surface area contributed by atoms with Gasteiger partial charge in [-0.1, -0.05) is 0 Å². The van der Waals surface area contributed by atoms with Crippen molar-refractivity contribution >= 4 is 5.91 Å². The van der Waals surface area contributed by atoms with E-state index < -0.39 is 0 Å². The molecule has 0 radical (unpaired) electrons. The fourth-order valence-corrected chi connectivity index (χ4v) is 2.93. The largest absolute Gasteiger partial charge is 0.490 e. The molecule has 5 nitrogen and oxygen atoms in total. The van der Waals surface area contributed by atoms with Crippen LogP contribution in [-0.2, 0) is 4.79 Å². The zero-order chi connectivity index (χ0) is 14.7. The minimum absolute atomic E-state index is 0.0452. The van der Waals surface area contributed by atoms with Gasteiger partial charge in [0.1, 0.15) is 12.4 Å². The van der Waals surface area contributed by atoms with Gasteiger partial charge in [-0.15, -0.1) is 0 Å². The van der Waals surface area contributed by atoms with Gasteiger partial charge in [-0.05, 0) is 49.3 Å². The molecule has 1 aromatic heterocycles. The molecule has 3 unspecified atom stereocenters. The van der Waals surface area contributed by atoms with Crippen LogP contribution in [0.1, 0.15) is 37.7 Å². The van der Waals surface area contributed by atoms with Crippen LogP contribution >= 0.6 is 0 Å². The van der Waals surface area contributed by atoms with E-state index in [0.717, 1.165) is 18.8 Å². The molecule has 2 heterocycles. The Labute approximate surface area is 125 Å². The third-order valence-electron chi connectivity index (χ3n) is 4.57. The molecule has 3 rings (SSSR count). The fraction of sp³-hybridized carbons (Fsp3) is 0.625. The van der Waals surface area contributed by atoms with Gasteiger partial charge in [-0.2, -0.15) is 0 Å². The Balaban J connectivity index is 1.55. The van der Waals surface area contributed by atoms with Crippen LogP contribution in [0.5, 0.6) is 5.75 Å². The molecule has 2 fully saturated rings. The van der Waals surface area contributed by atoms with E-state index in [0.29, 0.717) is 24.5 Å². The quantitative estimate of drug-likeness (QED) is 0.832. The standard InChI is InChI=1S/C16H23N3O2/c1-11(20)19-8-12-2-3-16(12)13-6-15(9-17-7-13)21-10-14-4-5-18-14/h6-7,9,12,14,16,18H,2-5,8,10H2,1H3,(H,19,20). The first-order valence-electron chi connectivity index (χ1n) is 7.78. The van der Waals surface area contributed by atoms with Crippen molar-refractivity contribution in [2.24, 2.45) is 5.92 Å². The number of hydrogen-bond acceptors (Lipinski definition) is 4. The number of aromatic nitrogens is 1. The minimum Gasteiger partial charge on any atom is -0.490 e. The first-order valence-corrected chi connectivity index (χ1v) is 7.78. The highest BCUT2D eigenvalue weighted by Gasteiger charge is 2.32. The monoisotopic (exact) mass is 289 g/mol. The molecule has 1 aliphatic heterocycles. The smallest absolute Gasteiger partial charge is 0.216 e. The van der Waals surface area contributed by atoms with E-state index in [9.17, 15) is 4.79 Å². The van der Waals surface area contributed by atoms with Crippen molar-refractivity contribution in [2.45, 2.75) is 38.1 Å². The second kappa shape index (κ2) is 6.43. The third kappa shape index (κ3) is 3.53. The number of nitrogens with one attached hydrogen (secondary N) is 2. The van der Waals surface area contributed by atoms with E-state index in [4.69, 9.17) is 4.74 Å². The van der Waals surface area contributed by atoms with Crippen LogP contribution in [0.3, 0.4) is 0 Å².